The van der Waals surface area contributed by atoms with Gasteiger partial charge in [-0.2, -0.15) is 4.80 Å². The van der Waals surface area contributed by atoms with E-state index in [9.17, 15) is 9.59 Å². The monoisotopic (exact) mass is 566 g/mol. The van der Waals surface area contributed by atoms with Crippen LogP contribution in [0.4, 0.5) is 0 Å². The molecule has 11 nitrogen and oxygen atoms in total. The van der Waals surface area contributed by atoms with Crippen LogP contribution in [-0.2, 0) is 22.7 Å². The second-order valence-corrected chi connectivity index (χ2v) is 10.4. The standard InChI is InChI=1S/C28H31ClN6O5/c1-28(2,3)30-27(37)25(22-11-8-14-40-22)34(16-19-9-6-7-10-20(19)29)24(36)17-35-32-26(31-33-35)18-12-13-21(38-4)23(15-18)39-5/h6-15,25H,16-17H2,1-5H3,(H,30,37). The molecule has 210 valence electrons. The molecule has 0 radical (unpaired) electrons. The zero-order valence-electron chi connectivity index (χ0n) is 22.9. The van der Waals surface area contributed by atoms with Crippen molar-refractivity contribution >= 4 is 23.4 Å². The second-order valence-electron chi connectivity index (χ2n) is 9.98. The highest BCUT2D eigenvalue weighted by Gasteiger charge is 2.36. The molecule has 2 amide bonds. The summed E-state index contributed by atoms with van der Waals surface area (Å²) in [6.45, 7) is 5.33. The lowest BCUT2D eigenvalue weighted by molar-refractivity contribution is -0.143. The van der Waals surface area contributed by atoms with Crippen LogP contribution in [0.5, 0.6) is 11.5 Å². The molecule has 1 unspecified atom stereocenters. The summed E-state index contributed by atoms with van der Waals surface area (Å²) in [5.74, 6) is 0.812. The average Bonchev–Trinajstić information content (AvgIpc) is 3.61. The fraction of sp³-hybridized carbons (Fsp3) is 0.321. The Morgan fingerprint density at radius 2 is 1.82 bits per heavy atom. The molecular weight excluding hydrogens is 536 g/mol. The number of amides is 2. The molecular formula is C28H31ClN6O5. The van der Waals surface area contributed by atoms with Crippen LogP contribution in [0.15, 0.2) is 65.3 Å². The Kier molecular flexibility index (Phi) is 8.73. The molecule has 1 atom stereocenters. The first-order valence-electron chi connectivity index (χ1n) is 12.5. The van der Waals surface area contributed by atoms with Crippen molar-refractivity contribution in [3.05, 3.63) is 77.2 Å². The summed E-state index contributed by atoms with van der Waals surface area (Å²) in [6, 6.07) is 14.6. The molecule has 0 saturated carbocycles. The predicted octanol–water partition coefficient (Wildman–Crippen LogP) is 4.29. The van der Waals surface area contributed by atoms with Crippen LogP contribution >= 0.6 is 11.6 Å². The van der Waals surface area contributed by atoms with Crippen LogP contribution < -0.4 is 14.8 Å². The molecule has 0 bridgehead atoms. The third kappa shape index (κ3) is 6.78. The first-order valence-corrected chi connectivity index (χ1v) is 12.9. The largest absolute Gasteiger partial charge is 0.493 e. The van der Waals surface area contributed by atoms with Gasteiger partial charge in [-0.25, -0.2) is 0 Å². The summed E-state index contributed by atoms with van der Waals surface area (Å²) in [7, 11) is 3.08. The molecule has 2 aromatic heterocycles. The van der Waals surface area contributed by atoms with Crippen LogP contribution in [0.25, 0.3) is 11.4 Å². The number of carbonyl (C=O) groups excluding carboxylic acids is 2. The highest BCUT2D eigenvalue weighted by Crippen LogP contribution is 2.31. The lowest BCUT2D eigenvalue weighted by atomic mass is 10.1. The number of nitrogens with zero attached hydrogens (tertiary/aromatic N) is 5. The Morgan fingerprint density at radius 1 is 1.07 bits per heavy atom. The molecule has 1 N–H and O–H groups in total. The number of tetrazole rings is 1. The first-order chi connectivity index (χ1) is 19.1. The van der Waals surface area contributed by atoms with Crippen LogP contribution in [-0.4, -0.2) is 56.7 Å². The van der Waals surface area contributed by atoms with Crippen molar-refractivity contribution < 1.29 is 23.5 Å². The number of aromatic nitrogens is 4. The highest BCUT2D eigenvalue weighted by molar-refractivity contribution is 6.31. The van der Waals surface area contributed by atoms with E-state index in [0.29, 0.717) is 39.2 Å². The maximum atomic E-state index is 13.9. The molecule has 0 fully saturated rings. The summed E-state index contributed by atoms with van der Waals surface area (Å²) in [6.07, 6.45) is 1.46. The number of benzene rings is 2. The maximum absolute atomic E-state index is 13.9. The third-order valence-electron chi connectivity index (χ3n) is 5.86. The van der Waals surface area contributed by atoms with Gasteiger partial charge in [0.25, 0.3) is 5.91 Å². The van der Waals surface area contributed by atoms with Gasteiger partial charge >= 0.3 is 0 Å². The Bertz CT molecular complexity index is 1460. The average molecular weight is 567 g/mol. The van der Waals surface area contributed by atoms with Crippen molar-refractivity contribution in [3.63, 3.8) is 0 Å². The smallest absolute Gasteiger partial charge is 0.251 e. The summed E-state index contributed by atoms with van der Waals surface area (Å²) in [5.41, 5.74) is 0.737. The van der Waals surface area contributed by atoms with E-state index in [2.05, 4.69) is 20.7 Å². The van der Waals surface area contributed by atoms with E-state index in [0.717, 1.165) is 0 Å². The lowest BCUT2D eigenvalue weighted by Gasteiger charge is -2.32. The number of ether oxygens (including phenoxy) is 2. The van der Waals surface area contributed by atoms with Gasteiger partial charge in [0.05, 0.1) is 20.5 Å². The maximum Gasteiger partial charge on any atom is 0.251 e. The van der Waals surface area contributed by atoms with Crippen LogP contribution in [0.2, 0.25) is 5.02 Å². The quantitative estimate of drug-likeness (QED) is 0.301. The van der Waals surface area contributed by atoms with Crippen LogP contribution in [0.1, 0.15) is 38.1 Å². The SMILES string of the molecule is COc1ccc(-c2nnn(CC(=O)N(Cc3ccccc3Cl)C(C(=O)NC(C)(C)C)c3ccco3)n2)cc1OC. The summed E-state index contributed by atoms with van der Waals surface area (Å²) < 4.78 is 16.3. The van der Waals surface area contributed by atoms with Gasteiger partial charge in [-0.1, -0.05) is 29.8 Å². The molecule has 2 aromatic carbocycles. The number of methoxy groups -OCH3 is 2. The zero-order valence-corrected chi connectivity index (χ0v) is 23.7. The minimum Gasteiger partial charge on any atom is -0.493 e. The van der Waals surface area contributed by atoms with Crippen molar-refractivity contribution in [1.82, 2.24) is 30.4 Å². The summed E-state index contributed by atoms with van der Waals surface area (Å²) in [4.78, 5) is 30.0. The molecule has 0 aliphatic heterocycles. The van der Waals surface area contributed by atoms with Gasteiger partial charge in [-0.05, 0) is 67.9 Å². The molecule has 0 saturated heterocycles. The Balaban J connectivity index is 1.67. The van der Waals surface area contributed by atoms with Gasteiger partial charge in [0, 0.05) is 22.7 Å². The van der Waals surface area contributed by atoms with Crippen LogP contribution in [0.3, 0.4) is 0 Å². The van der Waals surface area contributed by atoms with Gasteiger partial charge < -0.3 is 24.1 Å². The number of nitrogens with one attached hydrogen (secondary N) is 1. The molecule has 12 heteroatoms. The molecule has 0 aliphatic carbocycles. The van der Waals surface area contributed by atoms with Crippen molar-refractivity contribution in [3.8, 4) is 22.9 Å². The molecule has 0 spiro atoms. The highest BCUT2D eigenvalue weighted by atomic mass is 35.5. The van der Waals surface area contributed by atoms with E-state index in [1.165, 1.54) is 23.1 Å². The van der Waals surface area contributed by atoms with Crippen molar-refractivity contribution in [2.45, 2.75) is 45.4 Å². The number of carbonyl (C=O) groups is 2. The van der Waals surface area contributed by atoms with Crippen molar-refractivity contribution in [2.75, 3.05) is 14.2 Å². The molecule has 40 heavy (non-hydrogen) atoms. The fourth-order valence-electron chi connectivity index (χ4n) is 4.06. The van der Waals surface area contributed by atoms with E-state index in [1.54, 1.807) is 55.6 Å². The van der Waals surface area contributed by atoms with Crippen molar-refractivity contribution in [1.29, 1.82) is 0 Å². The minimum atomic E-state index is -1.08. The topological polar surface area (TPSA) is 125 Å². The fourth-order valence-corrected chi connectivity index (χ4v) is 4.25. The normalized spacial score (nSPS) is 12.1. The van der Waals surface area contributed by atoms with E-state index in [-0.39, 0.29) is 13.1 Å². The summed E-state index contributed by atoms with van der Waals surface area (Å²) >= 11 is 6.45. The third-order valence-corrected chi connectivity index (χ3v) is 6.23. The predicted molar refractivity (Wildman–Crippen MR) is 148 cm³/mol. The number of halogens is 1. The Labute approximate surface area is 237 Å². The summed E-state index contributed by atoms with van der Waals surface area (Å²) in [5, 5.41) is 16.0. The van der Waals surface area contributed by atoms with E-state index in [4.69, 9.17) is 25.5 Å². The van der Waals surface area contributed by atoms with Gasteiger partial charge in [-0.3, -0.25) is 9.59 Å². The zero-order chi connectivity index (χ0) is 28.9. The Hall–Kier alpha value is -4.38. The van der Waals surface area contributed by atoms with Crippen LogP contribution in [0, 0.1) is 0 Å². The van der Waals surface area contributed by atoms with Crippen molar-refractivity contribution in [2.24, 2.45) is 0 Å². The molecule has 2 heterocycles. The molecule has 4 rings (SSSR count). The Morgan fingerprint density at radius 3 is 2.48 bits per heavy atom. The molecule has 0 aliphatic rings. The van der Waals surface area contributed by atoms with Gasteiger partial charge in [-0.15, -0.1) is 10.2 Å². The number of hydrogen-bond acceptors (Lipinski definition) is 8. The number of hydrogen-bond donors (Lipinski definition) is 1. The van der Waals surface area contributed by atoms with Gasteiger partial charge in [0.2, 0.25) is 11.7 Å². The minimum absolute atomic E-state index is 0.0403. The first kappa shape index (κ1) is 28.6. The van der Waals surface area contributed by atoms with E-state index in [1.807, 2.05) is 26.8 Å². The number of furan rings is 1. The molecule has 4 aromatic rings. The lowest BCUT2D eigenvalue weighted by Crippen LogP contribution is -2.49. The number of rotatable bonds is 10. The van der Waals surface area contributed by atoms with Gasteiger partial charge in [0.15, 0.2) is 17.5 Å². The van der Waals surface area contributed by atoms with Gasteiger partial charge in [0.1, 0.15) is 12.3 Å². The van der Waals surface area contributed by atoms with E-state index >= 15 is 0 Å². The van der Waals surface area contributed by atoms with E-state index < -0.39 is 23.4 Å². The second kappa shape index (κ2) is 12.2.